The van der Waals surface area contributed by atoms with E-state index in [0.717, 1.165) is 16.6 Å². The molecule has 0 N–H and O–H groups in total. The van der Waals surface area contributed by atoms with E-state index in [2.05, 4.69) is 52.0 Å². The van der Waals surface area contributed by atoms with Crippen LogP contribution in [0.2, 0.25) is 0 Å². The van der Waals surface area contributed by atoms with Gasteiger partial charge in [-0.3, -0.25) is 0 Å². The Morgan fingerprint density at radius 1 is 1.16 bits per heavy atom. The monoisotopic (exact) mass is 312 g/mol. The van der Waals surface area contributed by atoms with Crippen molar-refractivity contribution in [2.24, 2.45) is 0 Å². The zero-order valence-corrected chi connectivity index (χ0v) is 12.2. The molecule has 3 rings (SSSR count). The third-order valence-corrected chi connectivity index (χ3v) is 4.23. The second-order valence-corrected chi connectivity index (χ2v) is 5.65. The van der Waals surface area contributed by atoms with Crippen molar-refractivity contribution in [1.29, 1.82) is 5.26 Å². The number of hydrogen-bond donors (Lipinski definition) is 0. The summed E-state index contributed by atoms with van der Waals surface area (Å²) in [4.78, 5) is 2.26. The van der Waals surface area contributed by atoms with Gasteiger partial charge in [0.2, 0.25) is 0 Å². The molecular formula is C16H13BrN2. The van der Waals surface area contributed by atoms with Gasteiger partial charge in [0, 0.05) is 16.2 Å². The zero-order valence-electron chi connectivity index (χ0n) is 10.6. The van der Waals surface area contributed by atoms with E-state index in [1.54, 1.807) is 0 Å². The quantitative estimate of drug-likeness (QED) is 0.780. The van der Waals surface area contributed by atoms with Gasteiger partial charge >= 0.3 is 0 Å². The Morgan fingerprint density at radius 2 is 1.89 bits per heavy atom. The van der Waals surface area contributed by atoms with Crippen molar-refractivity contribution in [1.82, 2.24) is 0 Å². The lowest BCUT2D eigenvalue weighted by Gasteiger charge is -2.26. The fraction of sp³-hybridized carbons (Fsp3) is 0.188. The first kappa shape index (κ1) is 12.3. The Hall–Kier alpha value is -1.79. The molecule has 2 nitrogen and oxygen atoms in total. The first-order valence-corrected chi connectivity index (χ1v) is 7.07. The lowest BCUT2D eigenvalue weighted by atomic mass is 10.1. The van der Waals surface area contributed by atoms with Gasteiger partial charge in [-0.15, -0.1) is 0 Å². The minimum absolute atomic E-state index is 0.374. The lowest BCUT2D eigenvalue weighted by molar-refractivity contribution is 0.758. The van der Waals surface area contributed by atoms with Crippen LogP contribution < -0.4 is 4.90 Å². The number of benzene rings is 2. The molecule has 1 aliphatic rings. The summed E-state index contributed by atoms with van der Waals surface area (Å²) in [6.07, 6.45) is 1.02. The average molecular weight is 313 g/mol. The molecule has 0 aromatic heterocycles. The number of fused-ring (bicyclic) bond motifs is 1. The molecule has 0 aliphatic carbocycles. The number of rotatable bonds is 1. The predicted molar refractivity (Wildman–Crippen MR) is 80.6 cm³/mol. The van der Waals surface area contributed by atoms with E-state index in [1.807, 2.05) is 24.3 Å². The molecular weight excluding hydrogens is 300 g/mol. The summed E-state index contributed by atoms with van der Waals surface area (Å²) in [5.41, 5.74) is 4.24. The molecule has 3 heteroatoms. The van der Waals surface area contributed by atoms with Crippen molar-refractivity contribution in [2.75, 3.05) is 4.90 Å². The molecule has 1 unspecified atom stereocenters. The maximum absolute atomic E-state index is 9.39. The highest BCUT2D eigenvalue weighted by Gasteiger charge is 2.28. The second-order valence-electron chi connectivity index (χ2n) is 4.80. The molecule has 1 aliphatic heterocycles. The van der Waals surface area contributed by atoms with Crippen LogP contribution in [-0.4, -0.2) is 6.04 Å². The summed E-state index contributed by atoms with van der Waals surface area (Å²) < 4.78 is 0.851. The Bertz CT molecular complexity index is 673. The summed E-state index contributed by atoms with van der Waals surface area (Å²) in [6.45, 7) is 2.20. The molecule has 0 saturated heterocycles. The molecule has 0 radical (unpaired) electrons. The van der Waals surface area contributed by atoms with Gasteiger partial charge in [0.25, 0.3) is 0 Å². The van der Waals surface area contributed by atoms with E-state index >= 15 is 0 Å². The summed E-state index contributed by atoms with van der Waals surface area (Å²) in [6, 6.07) is 17.0. The number of nitrogens with zero attached hydrogens (tertiary/aromatic N) is 2. The SMILES string of the molecule is CC1Cc2ccccc2N1c1cccc(Br)c1C#N. The van der Waals surface area contributed by atoms with Crippen LogP contribution in [0, 0.1) is 11.3 Å². The number of halogens is 1. The summed E-state index contributed by atoms with van der Waals surface area (Å²) in [5, 5.41) is 9.39. The van der Waals surface area contributed by atoms with Crippen LogP contribution in [0.3, 0.4) is 0 Å². The maximum atomic E-state index is 9.39. The Morgan fingerprint density at radius 3 is 2.68 bits per heavy atom. The van der Waals surface area contributed by atoms with Gasteiger partial charge < -0.3 is 4.90 Å². The van der Waals surface area contributed by atoms with Crippen molar-refractivity contribution in [3.63, 3.8) is 0 Å². The van der Waals surface area contributed by atoms with Crippen LogP contribution in [0.15, 0.2) is 46.9 Å². The van der Waals surface area contributed by atoms with E-state index in [4.69, 9.17) is 0 Å². The molecule has 2 aromatic rings. The number of nitriles is 1. The molecule has 0 amide bonds. The number of anilines is 2. The normalized spacial score (nSPS) is 17.1. The van der Waals surface area contributed by atoms with Crippen LogP contribution >= 0.6 is 15.9 Å². The largest absolute Gasteiger partial charge is 0.337 e. The average Bonchev–Trinajstić information content (AvgIpc) is 2.74. The molecule has 19 heavy (non-hydrogen) atoms. The van der Waals surface area contributed by atoms with Gasteiger partial charge in [0.1, 0.15) is 6.07 Å². The van der Waals surface area contributed by atoms with Crippen LogP contribution in [0.25, 0.3) is 0 Å². The standard InChI is InChI=1S/C16H13BrN2/c1-11-9-12-5-2-3-7-15(12)19(11)16-8-4-6-14(17)13(16)10-18/h2-8,11H,9H2,1H3. The van der Waals surface area contributed by atoms with Crippen LogP contribution in [0.5, 0.6) is 0 Å². The van der Waals surface area contributed by atoms with Gasteiger partial charge in [-0.2, -0.15) is 5.26 Å². The van der Waals surface area contributed by atoms with Crippen LogP contribution in [0.4, 0.5) is 11.4 Å². The second kappa shape index (κ2) is 4.71. The highest BCUT2D eigenvalue weighted by atomic mass is 79.9. The summed E-state index contributed by atoms with van der Waals surface area (Å²) in [7, 11) is 0. The van der Waals surface area contributed by atoms with Crippen molar-refractivity contribution >= 4 is 27.3 Å². The molecule has 94 valence electrons. The first-order valence-electron chi connectivity index (χ1n) is 6.28. The van der Waals surface area contributed by atoms with E-state index in [0.29, 0.717) is 11.6 Å². The first-order chi connectivity index (χ1) is 9.22. The van der Waals surface area contributed by atoms with E-state index in [1.165, 1.54) is 11.3 Å². The van der Waals surface area contributed by atoms with Gasteiger partial charge in [-0.25, -0.2) is 0 Å². The van der Waals surface area contributed by atoms with Gasteiger partial charge in [-0.05, 0) is 53.0 Å². The maximum Gasteiger partial charge on any atom is 0.103 e. The third kappa shape index (κ3) is 1.93. The van der Waals surface area contributed by atoms with Crippen LogP contribution in [0.1, 0.15) is 18.1 Å². The highest BCUT2D eigenvalue weighted by molar-refractivity contribution is 9.10. The van der Waals surface area contributed by atoms with Crippen molar-refractivity contribution in [3.8, 4) is 6.07 Å². The number of hydrogen-bond acceptors (Lipinski definition) is 2. The molecule has 2 aromatic carbocycles. The predicted octanol–water partition coefficient (Wildman–Crippen LogP) is 4.40. The molecule has 0 fully saturated rings. The zero-order chi connectivity index (χ0) is 13.4. The van der Waals surface area contributed by atoms with Crippen molar-refractivity contribution < 1.29 is 0 Å². The molecule has 0 saturated carbocycles. The highest BCUT2D eigenvalue weighted by Crippen LogP contribution is 2.40. The van der Waals surface area contributed by atoms with Crippen molar-refractivity contribution in [3.05, 3.63) is 58.1 Å². The Labute approximate surface area is 121 Å². The fourth-order valence-electron chi connectivity index (χ4n) is 2.76. The smallest absolute Gasteiger partial charge is 0.103 e. The minimum atomic E-state index is 0.374. The van der Waals surface area contributed by atoms with Crippen molar-refractivity contribution in [2.45, 2.75) is 19.4 Å². The number of para-hydroxylation sites is 1. The molecule has 0 spiro atoms. The topological polar surface area (TPSA) is 27.0 Å². The molecule has 0 bridgehead atoms. The van der Waals surface area contributed by atoms with Gasteiger partial charge in [0.05, 0.1) is 11.3 Å². The lowest BCUT2D eigenvalue weighted by Crippen LogP contribution is -2.24. The van der Waals surface area contributed by atoms with Gasteiger partial charge in [-0.1, -0.05) is 24.3 Å². The Kier molecular flexibility index (Phi) is 3.04. The summed E-state index contributed by atoms with van der Waals surface area (Å²) >= 11 is 3.47. The fourth-order valence-corrected chi connectivity index (χ4v) is 3.20. The minimum Gasteiger partial charge on any atom is -0.337 e. The Balaban J connectivity index is 2.19. The van der Waals surface area contributed by atoms with Crippen LogP contribution in [-0.2, 0) is 6.42 Å². The summed E-state index contributed by atoms with van der Waals surface area (Å²) in [5.74, 6) is 0. The molecule has 1 atom stereocenters. The van der Waals surface area contributed by atoms with Gasteiger partial charge in [0.15, 0.2) is 0 Å². The third-order valence-electron chi connectivity index (χ3n) is 3.57. The van der Waals surface area contributed by atoms with E-state index in [-0.39, 0.29) is 0 Å². The van der Waals surface area contributed by atoms with E-state index < -0.39 is 0 Å². The van der Waals surface area contributed by atoms with E-state index in [9.17, 15) is 5.26 Å². The molecule has 1 heterocycles.